The van der Waals surface area contributed by atoms with Crippen LogP contribution in [0, 0.1) is 15.9 Å². The van der Waals surface area contributed by atoms with Crippen LogP contribution in [0.2, 0.25) is 0 Å². The zero-order chi connectivity index (χ0) is 13.7. The average Bonchev–Trinajstić information content (AvgIpc) is 2.87. The van der Waals surface area contributed by atoms with Gasteiger partial charge < -0.3 is 10.1 Å². The molecule has 0 bridgehead atoms. The zero-order valence-electron chi connectivity index (χ0n) is 10.6. The molecular formula is C13H17FN2O3. The van der Waals surface area contributed by atoms with E-state index in [9.17, 15) is 14.5 Å². The van der Waals surface area contributed by atoms with Gasteiger partial charge in [-0.3, -0.25) is 10.1 Å². The second-order valence-electron chi connectivity index (χ2n) is 4.63. The largest absolute Gasteiger partial charge is 0.378 e. The van der Waals surface area contributed by atoms with Crippen molar-refractivity contribution in [2.24, 2.45) is 0 Å². The van der Waals surface area contributed by atoms with E-state index in [1.165, 1.54) is 12.1 Å². The van der Waals surface area contributed by atoms with E-state index in [2.05, 4.69) is 5.32 Å². The van der Waals surface area contributed by atoms with Crippen molar-refractivity contribution in [1.82, 2.24) is 5.32 Å². The highest BCUT2D eigenvalue weighted by Gasteiger charge is 2.16. The quantitative estimate of drug-likeness (QED) is 0.489. The minimum Gasteiger partial charge on any atom is -0.378 e. The lowest BCUT2D eigenvalue weighted by Crippen LogP contribution is -2.20. The molecule has 19 heavy (non-hydrogen) atoms. The lowest BCUT2D eigenvalue weighted by Gasteiger charge is -2.10. The van der Waals surface area contributed by atoms with Gasteiger partial charge >= 0.3 is 0 Å². The van der Waals surface area contributed by atoms with Gasteiger partial charge in [0.1, 0.15) is 5.82 Å². The summed E-state index contributed by atoms with van der Waals surface area (Å²) < 4.78 is 18.6. The first-order chi connectivity index (χ1) is 9.16. The van der Waals surface area contributed by atoms with Gasteiger partial charge in [0.05, 0.1) is 11.0 Å². The molecule has 0 amide bonds. The molecule has 1 aliphatic rings. The molecule has 1 aliphatic heterocycles. The predicted molar refractivity (Wildman–Crippen MR) is 68.4 cm³/mol. The molecule has 0 spiro atoms. The minimum absolute atomic E-state index is 0.0500. The molecule has 1 aromatic rings. The average molecular weight is 268 g/mol. The molecule has 0 saturated carbocycles. The smallest absolute Gasteiger partial charge is 0.274 e. The number of nitro groups is 1. The van der Waals surface area contributed by atoms with E-state index in [1.54, 1.807) is 0 Å². The molecular weight excluding hydrogens is 251 g/mol. The molecule has 1 saturated heterocycles. The number of rotatable bonds is 6. The lowest BCUT2D eigenvalue weighted by atomic mass is 10.1. The fourth-order valence-corrected chi connectivity index (χ4v) is 2.23. The fourth-order valence-electron chi connectivity index (χ4n) is 2.23. The standard InChI is InChI=1S/C13H17FN2O3/c14-11-3-4-13(16(17)18)10(8-11)9-15-6-5-12-2-1-7-19-12/h3-4,8,12,15H,1-2,5-7,9H2. The summed E-state index contributed by atoms with van der Waals surface area (Å²) in [6, 6.07) is 3.51. The highest BCUT2D eigenvalue weighted by molar-refractivity contribution is 5.40. The maximum atomic E-state index is 13.1. The van der Waals surface area contributed by atoms with Crippen molar-refractivity contribution in [3.63, 3.8) is 0 Å². The summed E-state index contributed by atoms with van der Waals surface area (Å²) in [5.74, 6) is -0.457. The van der Waals surface area contributed by atoms with Crippen LogP contribution in [0.5, 0.6) is 0 Å². The summed E-state index contributed by atoms with van der Waals surface area (Å²) >= 11 is 0. The number of benzene rings is 1. The van der Waals surface area contributed by atoms with Crippen LogP contribution in [-0.4, -0.2) is 24.2 Å². The Morgan fingerprint density at radius 1 is 1.53 bits per heavy atom. The minimum atomic E-state index is -0.490. The highest BCUT2D eigenvalue weighted by Crippen LogP contribution is 2.19. The SMILES string of the molecule is O=[N+]([O-])c1ccc(F)cc1CNCCC1CCCO1. The molecule has 1 fully saturated rings. The number of halogens is 1. The van der Waals surface area contributed by atoms with Crippen molar-refractivity contribution >= 4 is 5.69 Å². The maximum absolute atomic E-state index is 13.1. The van der Waals surface area contributed by atoms with Gasteiger partial charge in [-0.25, -0.2) is 4.39 Å². The van der Waals surface area contributed by atoms with Crippen molar-refractivity contribution in [3.8, 4) is 0 Å². The summed E-state index contributed by atoms with van der Waals surface area (Å²) in [6.45, 7) is 1.82. The van der Waals surface area contributed by atoms with Crippen LogP contribution in [0.15, 0.2) is 18.2 Å². The Morgan fingerprint density at radius 2 is 2.37 bits per heavy atom. The van der Waals surface area contributed by atoms with Gasteiger partial charge in [-0.1, -0.05) is 0 Å². The molecule has 1 heterocycles. The van der Waals surface area contributed by atoms with Gasteiger partial charge in [0.25, 0.3) is 5.69 Å². The van der Waals surface area contributed by atoms with E-state index in [0.29, 0.717) is 18.7 Å². The van der Waals surface area contributed by atoms with Crippen LogP contribution < -0.4 is 5.32 Å². The zero-order valence-corrected chi connectivity index (χ0v) is 10.6. The molecule has 0 aliphatic carbocycles. The maximum Gasteiger partial charge on any atom is 0.274 e. The third-order valence-corrected chi connectivity index (χ3v) is 3.22. The second-order valence-corrected chi connectivity index (χ2v) is 4.63. The van der Waals surface area contributed by atoms with E-state index >= 15 is 0 Å². The van der Waals surface area contributed by atoms with Crippen molar-refractivity contribution in [2.45, 2.75) is 31.9 Å². The topological polar surface area (TPSA) is 64.4 Å². The first-order valence-corrected chi connectivity index (χ1v) is 6.42. The third kappa shape index (κ3) is 3.97. The van der Waals surface area contributed by atoms with Crippen LogP contribution >= 0.6 is 0 Å². The molecule has 6 heteroatoms. The third-order valence-electron chi connectivity index (χ3n) is 3.22. The normalized spacial score (nSPS) is 18.7. The molecule has 1 N–H and O–H groups in total. The van der Waals surface area contributed by atoms with E-state index in [1.807, 2.05) is 0 Å². The molecule has 2 rings (SSSR count). The first kappa shape index (κ1) is 13.9. The lowest BCUT2D eigenvalue weighted by molar-refractivity contribution is -0.385. The van der Waals surface area contributed by atoms with Gasteiger partial charge in [-0.05, 0) is 37.9 Å². The molecule has 1 aromatic carbocycles. The Labute approximate surface area is 110 Å². The van der Waals surface area contributed by atoms with Gasteiger partial charge in [-0.15, -0.1) is 0 Å². The number of nitrogens with zero attached hydrogens (tertiary/aromatic N) is 1. The highest BCUT2D eigenvalue weighted by atomic mass is 19.1. The van der Waals surface area contributed by atoms with Crippen LogP contribution in [0.25, 0.3) is 0 Å². The summed E-state index contributed by atoms with van der Waals surface area (Å²) in [7, 11) is 0. The fraction of sp³-hybridized carbons (Fsp3) is 0.538. The Bertz CT molecular complexity index is 448. The second kappa shape index (κ2) is 6.58. The molecule has 1 unspecified atom stereocenters. The van der Waals surface area contributed by atoms with E-state index in [0.717, 1.165) is 31.9 Å². The van der Waals surface area contributed by atoms with Crippen LogP contribution in [-0.2, 0) is 11.3 Å². The van der Waals surface area contributed by atoms with Crippen molar-refractivity contribution in [1.29, 1.82) is 0 Å². The Balaban J connectivity index is 1.84. The Morgan fingerprint density at radius 3 is 3.05 bits per heavy atom. The Hall–Kier alpha value is -1.53. The summed E-state index contributed by atoms with van der Waals surface area (Å²) in [5, 5.41) is 13.9. The number of hydrogen-bond acceptors (Lipinski definition) is 4. The molecule has 1 atom stereocenters. The molecule has 5 nitrogen and oxygen atoms in total. The first-order valence-electron chi connectivity index (χ1n) is 6.42. The number of nitro benzene ring substituents is 1. The summed E-state index contributed by atoms with van der Waals surface area (Å²) in [4.78, 5) is 10.3. The van der Waals surface area contributed by atoms with Gasteiger partial charge in [0, 0.05) is 24.8 Å². The summed E-state index contributed by atoms with van der Waals surface area (Å²) in [6.07, 6.45) is 3.33. The van der Waals surface area contributed by atoms with Gasteiger partial charge in [0.15, 0.2) is 0 Å². The molecule has 0 radical (unpaired) electrons. The number of hydrogen-bond donors (Lipinski definition) is 1. The van der Waals surface area contributed by atoms with Gasteiger partial charge in [-0.2, -0.15) is 0 Å². The van der Waals surface area contributed by atoms with Crippen LogP contribution in [0.4, 0.5) is 10.1 Å². The van der Waals surface area contributed by atoms with Gasteiger partial charge in [0.2, 0.25) is 0 Å². The van der Waals surface area contributed by atoms with Crippen LogP contribution in [0.1, 0.15) is 24.8 Å². The monoisotopic (exact) mass is 268 g/mol. The van der Waals surface area contributed by atoms with E-state index in [4.69, 9.17) is 4.74 Å². The number of nitrogens with one attached hydrogen (secondary N) is 1. The van der Waals surface area contributed by atoms with Crippen LogP contribution in [0.3, 0.4) is 0 Å². The van der Waals surface area contributed by atoms with E-state index in [-0.39, 0.29) is 11.8 Å². The van der Waals surface area contributed by atoms with Crippen molar-refractivity contribution in [3.05, 3.63) is 39.7 Å². The van der Waals surface area contributed by atoms with Crippen molar-refractivity contribution < 1.29 is 14.1 Å². The van der Waals surface area contributed by atoms with E-state index < -0.39 is 10.7 Å². The molecule has 104 valence electrons. The Kier molecular flexibility index (Phi) is 4.81. The number of ether oxygens (including phenoxy) is 1. The molecule has 0 aromatic heterocycles. The summed E-state index contributed by atoms with van der Waals surface area (Å²) in [5.41, 5.74) is 0.323. The van der Waals surface area contributed by atoms with Crippen molar-refractivity contribution in [2.75, 3.05) is 13.2 Å². The predicted octanol–water partition coefficient (Wildman–Crippen LogP) is 2.39.